The van der Waals surface area contributed by atoms with E-state index in [0.29, 0.717) is 12.1 Å². The molecule has 4 rings (SSSR count). The topological polar surface area (TPSA) is 86.8 Å². The van der Waals surface area contributed by atoms with Crippen molar-refractivity contribution in [2.75, 3.05) is 17.1 Å². The Morgan fingerprint density at radius 3 is 2.21 bits per heavy atom. The third kappa shape index (κ3) is 8.44. The van der Waals surface area contributed by atoms with Crippen LogP contribution in [-0.4, -0.2) is 50.0 Å². The van der Waals surface area contributed by atoms with Gasteiger partial charge in [0.05, 0.1) is 11.9 Å². The van der Waals surface area contributed by atoms with Crippen LogP contribution in [0.1, 0.15) is 54.4 Å². The minimum absolute atomic E-state index is 0.0663. The lowest BCUT2D eigenvalue weighted by Crippen LogP contribution is -2.55. The summed E-state index contributed by atoms with van der Waals surface area (Å²) >= 11 is 3.47. The van der Waals surface area contributed by atoms with Crippen LogP contribution in [0.25, 0.3) is 0 Å². The summed E-state index contributed by atoms with van der Waals surface area (Å²) in [5, 5.41) is 3.23. The van der Waals surface area contributed by atoms with Gasteiger partial charge in [-0.25, -0.2) is 8.42 Å². The molecule has 3 aromatic carbocycles. The first kappa shape index (κ1) is 31.8. The maximum absolute atomic E-state index is 14.3. The quantitative estimate of drug-likeness (QED) is 0.278. The van der Waals surface area contributed by atoms with Gasteiger partial charge in [0.25, 0.3) is 0 Å². The molecule has 0 radical (unpaired) electrons. The van der Waals surface area contributed by atoms with Crippen LogP contribution in [0.15, 0.2) is 77.3 Å². The van der Waals surface area contributed by atoms with Crippen molar-refractivity contribution in [3.63, 3.8) is 0 Å². The molecule has 1 fully saturated rings. The lowest BCUT2D eigenvalue weighted by atomic mass is 9.94. The average Bonchev–Trinajstić information content (AvgIpc) is 2.96. The number of benzene rings is 3. The number of nitrogens with one attached hydrogen (secondary N) is 1. The molecule has 0 heterocycles. The Hall–Kier alpha value is -3.17. The molecule has 42 heavy (non-hydrogen) atoms. The molecule has 0 aromatic heterocycles. The van der Waals surface area contributed by atoms with Crippen LogP contribution < -0.4 is 9.62 Å². The van der Waals surface area contributed by atoms with Crippen LogP contribution in [0.5, 0.6) is 0 Å². The molecular formula is C33H40BrN3O4S. The molecule has 3 aromatic rings. The van der Waals surface area contributed by atoms with E-state index in [1.54, 1.807) is 17.0 Å². The maximum atomic E-state index is 14.3. The maximum Gasteiger partial charge on any atom is 0.244 e. The molecule has 1 atom stereocenters. The van der Waals surface area contributed by atoms with E-state index in [-0.39, 0.29) is 18.5 Å². The van der Waals surface area contributed by atoms with Gasteiger partial charge in [-0.2, -0.15) is 0 Å². The third-order valence-corrected chi connectivity index (χ3v) is 9.67. The van der Waals surface area contributed by atoms with E-state index < -0.39 is 28.5 Å². The molecule has 224 valence electrons. The van der Waals surface area contributed by atoms with Crippen LogP contribution in [0.4, 0.5) is 5.69 Å². The molecule has 0 spiro atoms. The fourth-order valence-corrected chi connectivity index (χ4v) is 6.65. The van der Waals surface area contributed by atoms with Gasteiger partial charge in [-0.15, -0.1) is 0 Å². The van der Waals surface area contributed by atoms with Crippen molar-refractivity contribution in [1.82, 2.24) is 10.2 Å². The Morgan fingerprint density at radius 2 is 1.57 bits per heavy atom. The Labute approximate surface area is 258 Å². The van der Waals surface area contributed by atoms with E-state index in [2.05, 4.69) is 21.2 Å². The third-order valence-electron chi connectivity index (χ3n) is 8.01. The molecule has 1 aliphatic rings. The van der Waals surface area contributed by atoms with Crippen molar-refractivity contribution >= 4 is 43.5 Å². The molecule has 1 unspecified atom stereocenters. The standard InChI is InChI=1S/C33H40BrN3O4S/c1-24-11-10-16-30(25(24)2)37(42(3,40)41)23-32(38)36(22-27-17-19-28(34)20-18-27)31(21-26-12-6-4-7-13-26)33(39)35-29-14-8-5-9-15-29/h4,6-7,10-13,16-20,29,31H,5,8-9,14-15,21-23H2,1-3H3,(H,35,39). The Bertz CT molecular complexity index is 1470. The number of amides is 2. The summed E-state index contributed by atoms with van der Waals surface area (Å²) < 4.78 is 28.2. The van der Waals surface area contributed by atoms with Crippen LogP contribution in [0.3, 0.4) is 0 Å². The van der Waals surface area contributed by atoms with Gasteiger partial charge >= 0.3 is 0 Å². The molecule has 1 saturated carbocycles. The molecular weight excluding hydrogens is 614 g/mol. The predicted octanol–water partition coefficient (Wildman–Crippen LogP) is 5.92. The number of sulfonamides is 1. The Balaban J connectivity index is 1.73. The summed E-state index contributed by atoms with van der Waals surface area (Å²) in [7, 11) is -3.81. The van der Waals surface area contributed by atoms with E-state index in [4.69, 9.17) is 0 Å². The lowest BCUT2D eigenvalue weighted by molar-refractivity contribution is -0.140. The average molecular weight is 655 g/mol. The Kier molecular flexibility index (Phi) is 10.8. The van der Waals surface area contributed by atoms with E-state index in [0.717, 1.165) is 69.4 Å². The first-order valence-corrected chi connectivity index (χ1v) is 17.1. The highest BCUT2D eigenvalue weighted by atomic mass is 79.9. The van der Waals surface area contributed by atoms with Gasteiger partial charge < -0.3 is 10.2 Å². The Morgan fingerprint density at radius 1 is 0.905 bits per heavy atom. The normalized spacial score (nSPS) is 14.7. The number of aryl methyl sites for hydroxylation is 1. The van der Waals surface area contributed by atoms with Gasteiger partial charge in [-0.3, -0.25) is 13.9 Å². The number of hydrogen-bond acceptors (Lipinski definition) is 4. The summed E-state index contributed by atoms with van der Waals surface area (Å²) in [5.41, 5.74) is 3.93. The lowest BCUT2D eigenvalue weighted by Gasteiger charge is -2.35. The number of hydrogen-bond donors (Lipinski definition) is 1. The zero-order valence-electron chi connectivity index (χ0n) is 24.6. The first-order chi connectivity index (χ1) is 20.0. The van der Waals surface area contributed by atoms with Crippen molar-refractivity contribution in [1.29, 1.82) is 0 Å². The first-order valence-electron chi connectivity index (χ1n) is 14.4. The van der Waals surface area contributed by atoms with Crippen molar-refractivity contribution in [3.05, 3.63) is 99.5 Å². The van der Waals surface area contributed by atoms with Crippen molar-refractivity contribution in [2.45, 2.75) is 71.0 Å². The number of halogens is 1. The number of anilines is 1. The van der Waals surface area contributed by atoms with E-state index in [9.17, 15) is 18.0 Å². The van der Waals surface area contributed by atoms with Crippen LogP contribution in [0, 0.1) is 13.8 Å². The summed E-state index contributed by atoms with van der Waals surface area (Å²) in [6.45, 7) is 3.50. The molecule has 1 aliphatic carbocycles. The van der Waals surface area contributed by atoms with Gasteiger partial charge in [0, 0.05) is 23.5 Å². The highest BCUT2D eigenvalue weighted by Gasteiger charge is 2.34. The smallest absolute Gasteiger partial charge is 0.244 e. The van der Waals surface area contributed by atoms with Crippen molar-refractivity contribution in [3.8, 4) is 0 Å². The monoisotopic (exact) mass is 653 g/mol. The van der Waals surface area contributed by atoms with Gasteiger partial charge in [-0.05, 0) is 67.1 Å². The second-order valence-electron chi connectivity index (χ2n) is 11.2. The highest BCUT2D eigenvalue weighted by Crippen LogP contribution is 2.26. The fraction of sp³-hybridized carbons (Fsp3) is 0.394. The van der Waals surface area contributed by atoms with Gasteiger partial charge in [0.15, 0.2) is 0 Å². The number of carbonyl (C=O) groups excluding carboxylic acids is 2. The van der Waals surface area contributed by atoms with E-state index in [1.807, 2.05) is 74.5 Å². The molecule has 0 bridgehead atoms. The number of nitrogens with zero attached hydrogens (tertiary/aromatic N) is 2. The van der Waals surface area contributed by atoms with Crippen LogP contribution >= 0.6 is 15.9 Å². The summed E-state index contributed by atoms with van der Waals surface area (Å²) in [6, 6.07) is 21.9. The fourth-order valence-electron chi connectivity index (χ4n) is 5.49. The largest absolute Gasteiger partial charge is 0.352 e. The zero-order valence-corrected chi connectivity index (χ0v) is 27.0. The van der Waals surface area contributed by atoms with E-state index in [1.165, 1.54) is 0 Å². The molecule has 0 aliphatic heterocycles. The van der Waals surface area contributed by atoms with E-state index >= 15 is 0 Å². The molecule has 9 heteroatoms. The molecule has 7 nitrogen and oxygen atoms in total. The highest BCUT2D eigenvalue weighted by molar-refractivity contribution is 9.10. The predicted molar refractivity (Wildman–Crippen MR) is 172 cm³/mol. The van der Waals surface area contributed by atoms with Crippen LogP contribution in [0.2, 0.25) is 0 Å². The minimum Gasteiger partial charge on any atom is -0.352 e. The second-order valence-corrected chi connectivity index (χ2v) is 14.0. The van der Waals surface area contributed by atoms with Gasteiger partial charge in [0.2, 0.25) is 21.8 Å². The number of rotatable bonds is 11. The van der Waals surface area contributed by atoms with Gasteiger partial charge in [0.1, 0.15) is 12.6 Å². The van der Waals surface area contributed by atoms with Crippen molar-refractivity contribution in [2.24, 2.45) is 0 Å². The summed E-state index contributed by atoms with van der Waals surface area (Å²) in [5.74, 6) is -0.655. The van der Waals surface area contributed by atoms with Gasteiger partial charge in [-0.1, -0.05) is 89.8 Å². The molecule has 0 saturated heterocycles. The zero-order chi connectivity index (χ0) is 30.3. The number of carbonyl (C=O) groups is 2. The summed E-state index contributed by atoms with van der Waals surface area (Å²) in [4.78, 5) is 29.9. The molecule has 2 amide bonds. The summed E-state index contributed by atoms with van der Waals surface area (Å²) in [6.07, 6.45) is 6.54. The SMILES string of the molecule is Cc1cccc(N(CC(=O)N(Cc2ccc(Br)cc2)C(Cc2ccccc2)C(=O)NC2CCCCC2)S(C)(=O)=O)c1C. The van der Waals surface area contributed by atoms with Crippen molar-refractivity contribution < 1.29 is 18.0 Å². The molecule has 1 N–H and O–H groups in total. The minimum atomic E-state index is -3.81. The second kappa shape index (κ2) is 14.3. The van der Waals surface area contributed by atoms with Crippen LogP contribution in [-0.2, 0) is 32.6 Å².